The summed E-state index contributed by atoms with van der Waals surface area (Å²) < 4.78 is 4.25. The molecule has 0 amide bonds. The molecule has 0 unspecified atom stereocenters. The second-order valence-electron chi connectivity index (χ2n) is 2.06. The van der Waals surface area contributed by atoms with E-state index in [-0.39, 0.29) is 27.0 Å². The summed E-state index contributed by atoms with van der Waals surface area (Å²) in [7, 11) is 0. The van der Waals surface area contributed by atoms with Crippen LogP contribution in [-0.2, 0) is 26.6 Å². The number of thiol groups is 1. The van der Waals surface area contributed by atoms with Crippen molar-refractivity contribution in [2.75, 3.05) is 0 Å². The molecule has 1 aliphatic heterocycles. The van der Waals surface area contributed by atoms with Gasteiger partial charge in [0.2, 0.25) is 6.33 Å². The van der Waals surface area contributed by atoms with E-state index in [1.165, 1.54) is 6.42 Å². The minimum absolute atomic E-state index is 0. The Bertz CT molecular complexity index is 180. The minimum Gasteiger partial charge on any atom is -0.813 e. The SMILES string of the molecule is S.[SH-].c1nc[n+]2n1CCC2. The Kier molecular flexibility index (Phi) is 3.81. The summed E-state index contributed by atoms with van der Waals surface area (Å²) in [4.78, 5) is 3.97. The van der Waals surface area contributed by atoms with E-state index < -0.39 is 0 Å². The molecule has 0 radical (unpaired) electrons. The normalized spacial score (nSPS) is 13.2. The molecule has 0 saturated carbocycles. The van der Waals surface area contributed by atoms with Gasteiger partial charge in [0.05, 0.1) is 6.54 Å². The summed E-state index contributed by atoms with van der Waals surface area (Å²) in [5.74, 6) is 0. The quantitative estimate of drug-likeness (QED) is 0.300. The Hall–Kier alpha value is -0.160. The van der Waals surface area contributed by atoms with Crippen molar-refractivity contribution >= 4 is 27.0 Å². The molecule has 1 aliphatic rings. The highest BCUT2D eigenvalue weighted by atomic mass is 32.1. The zero-order chi connectivity index (χ0) is 5.40. The zero-order valence-electron chi connectivity index (χ0n) is 5.56. The van der Waals surface area contributed by atoms with Crippen LogP contribution >= 0.6 is 13.5 Å². The van der Waals surface area contributed by atoms with Crippen molar-refractivity contribution in [3.8, 4) is 0 Å². The molecule has 0 aromatic carbocycles. The Morgan fingerprint density at radius 3 is 3.00 bits per heavy atom. The molecule has 0 aliphatic carbocycles. The van der Waals surface area contributed by atoms with Crippen LogP contribution in [-0.4, -0.2) is 9.67 Å². The van der Waals surface area contributed by atoms with Crippen LogP contribution in [0, 0.1) is 0 Å². The summed E-state index contributed by atoms with van der Waals surface area (Å²) >= 11 is 0. The molecule has 0 bridgehead atoms. The summed E-state index contributed by atoms with van der Waals surface area (Å²) in [6.45, 7) is 2.28. The molecule has 0 saturated heterocycles. The number of nitrogens with zero attached hydrogens (tertiary/aromatic N) is 3. The number of rotatable bonds is 0. The molecule has 2 heterocycles. The number of fused-ring (bicyclic) bond motifs is 1. The summed E-state index contributed by atoms with van der Waals surface area (Å²) in [6, 6.07) is 0. The third-order valence-electron chi connectivity index (χ3n) is 1.50. The van der Waals surface area contributed by atoms with Gasteiger partial charge in [-0.1, -0.05) is 0 Å². The third-order valence-corrected chi connectivity index (χ3v) is 1.50. The first kappa shape index (κ1) is 9.84. The number of hydrogen-bond acceptors (Lipinski definition) is 2. The molecular weight excluding hydrogens is 166 g/mol. The maximum absolute atomic E-state index is 3.97. The van der Waals surface area contributed by atoms with E-state index in [1.54, 1.807) is 0 Å². The van der Waals surface area contributed by atoms with Crippen LogP contribution in [0.15, 0.2) is 12.7 Å². The number of hydrogen-bond donors (Lipinski definition) is 0. The highest BCUT2D eigenvalue weighted by Crippen LogP contribution is 1.92. The van der Waals surface area contributed by atoms with Gasteiger partial charge in [-0.05, 0) is 4.98 Å². The number of aromatic nitrogens is 3. The van der Waals surface area contributed by atoms with Crippen LogP contribution in [0.3, 0.4) is 0 Å². The first-order chi connectivity index (χ1) is 3.97. The maximum atomic E-state index is 3.97. The van der Waals surface area contributed by atoms with Gasteiger partial charge in [-0.15, -0.1) is 0 Å². The van der Waals surface area contributed by atoms with Crippen molar-refractivity contribution in [1.29, 1.82) is 0 Å². The fraction of sp³-hybridized carbons (Fsp3) is 0.600. The highest BCUT2D eigenvalue weighted by molar-refractivity contribution is 7.59. The van der Waals surface area contributed by atoms with E-state index in [2.05, 4.69) is 14.3 Å². The van der Waals surface area contributed by atoms with Crippen LogP contribution in [0.25, 0.3) is 0 Å². The van der Waals surface area contributed by atoms with Crippen LogP contribution in [0.5, 0.6) is 0 Å². The zero-order valence-corrected chi connectivity index (χ0v) is 7.46. The van der Waals surface area contributed by atoms with Crippen LogP contribution in [0.4, 0.5) is 0 Å². The molecule has 0 N–H and O–H groups in total. The molecule has 10 heavy (non-hydrogen) atoms. The molecule has 5 heteroatoms. The van der Waals surface area contributed by atoms with E-state index >= 15 is 0 Å². The van der Waals surface area contributed by atoms with E-state index in [9.17, 15) is 0 Å². The highest BCUT2D eigenvalue weighted by Gasteiger charge is 2.12. The van der Waals surface area contributed by atoms with E-state index in [1.807, 2.05) is 12.7 Å². The summed E-state index contributed by atoms with van der Waals surface area (Å²) in [6.07, 6.45) is 5.00. The Balaban J connectivity index is 0.000000405. The lowest BCUT2D eigenvalue weighted by Crippen LogP contribution is -2.35. The van der Waals surface area contributed by atoms with Gasteiger partial charge >= 0.3 is 6.33 Å². The molecule has 0 spiro atoms. The lowest BCUT2D eigenvalue weighted by Gasteiger charge is -1.83. The van der Waals surface area contributed by atoms with Crippen molar-refractivity contribution in [3.05, 3.63) is 12.7 Å². The Morgan fingerprint density at radius 2 is 2.30 bits per heavy atom. The molecule has 3 nitrogen and oxygen atoms in total. The van der Waals surface area contributed by atoms with Crippen LogP contribution in [0.1, 0.15) is 6.42 Å². The van der Waals surface area contributed by atoms with Gasteiger partial charge in [-0.25, -0.2) is 0 Å². The monoisotopic (exact) mass is 177 g/mol. The molecule has 58 valence electrons. The van der Waals surface area contributed by atoms with E-state index in [0.29, 0.717) is 0 Å². The van der Waals surface area contributed by atoms with Crippen molar-refractivity contribution in [3.63, 3.8) is 0 Å². The lowest BCUT2D eigenvalue weighted by atomic mass is 10.5. The fourth-order valence-corrected chi connectivity index (χ4v) is 1.08. The second-order valence-corrected chi connectivity index (χ2v) is 2.06. The summed E-state index contributed by atoms with van der Waals surface area (Å²) in [5, 5.41) is 0. The Morgan fingerprint density at radius 1 is 1.50 bits per heavy atom. The molecule has 0 fully saturated rings. The maximum Gasteiger partial charge on any atom is 0.306 e. The molecule has 1 aromatic rings. The van der Waals surface area contributed by atoms with Gasteiger partial charge in [-0.3, -0.25) is 0 Å². The Labute approximate surface area is 73.9 Å². The average Bonchev–Trinajstić information content (AvgIpc) is 2.15. The first-order valence-electron chi connectivity index (χ1n) is 2.87. The van der Waals surface area contributed by atoms with Crippen molar-refractivity contribution in [2.24, 2.45) is 0 Å². The van der Waals surface area contributed by atoms with Gasteiger partial charge < -0.3 is 13.5 Å². The fourth-order valence-electron chi connectivity index (χ4n) is 1.08. The van der Waals surface area contributed by atoms with E-state index in [4.69, 9.17) is 0 Å². The second kappa shape index (κ2) is 3.88. The van der Waals surface area contributed by atoms with Crippen molar-refractivity contribution in [2.45, 2.75) is 19.5 Å². The average molecular weight is 177 g/mol. The predicted molar refractivity (Wildman–Crippen MR) is 46.2 cm³/mol. The molecule has 0 atom stereocenters. The van der Waals surface area contributed by atoms with Gasteiger partial charge in [-0.2, -0.15) is 22.9 Å². The molecule has 2 rings (SSSR count). The molecule has 1 aromatic heterocycles. The summed E-state index contributed by atoms with van der Waals surface area (Å²) in [5.41, 5.74) is 0. The topological polar surface area (TPSA) is 21.7 Å². The largest absolute Gasteiger partial charge is 0.813 e. The van der Waals surface area contributed by atoms with E-state index in [0.717, 1.165) is 13.1 Å². The first-order valence-corrected chi connectivity index (χ1v) is 2.87. The van der Waals surface area contributed by atoms with Gasteiger partial charge in [0.15, 0.2) is 0 Å². The lowest BCUT2D eigenvalue weighted by molar-refractivity contribution is -0.758. The standard InChI is InChI=1S/C5H8N3.2H2S/c1-2-7-4-6-5-8(7)3-1;;/h4-5H,1-3H2;2*1H2/q+1;;/p-1. The van der Waals surface area contributed by atoms with Crippen molar-refractivity contribution < 1.29 is 4.68 Å². The third kappa shape index (κ3) is 1.46. The number of aryl methyl sites for hydroxylation is 2. The molecular formula is C5H11N3S2. The van der Waals surface area contributed by atoms with Gasteiger partial charge in [0, 0.05) is 6.42 Å². The van der Waals surface area contributed by atoms with Crippen molar-refractivity contribution in [1.82, 2.24) is 9.67 Å². The smallest absolute Gasteiger partial charge is 0.306 e. The van der Waals surface area contributed by atoms with Crippen LogP contribution < -0.4 is 4.68 Å². The minimum atomic E-state index is 0. The van der Waals surface area contributed by atoms with Gasteiger partial charge in [0.1, 0.15) is 6.54 Å². The van der Waals surface area contributed by atoms with Crippen LogP contribution in [0.2, 0.25) is 0 Å². The predicted octanol–water partition coefficient (Wildman–Crippen LogP) is -0.583. The van der Waals surface area contributed by atoms with Gasteiger partial charge in [0.25, 0.3) is 0 Å².